The molecule has 1 aromatic carbocycles. The lowest BCUT2D eigenvalue weighted by atomic mass is 9.76. The van der Waals surface area contributed by atoms with Crippen LogP contribution in [0.1, 0.15) is 26.2 Å². The summed E-state index contributed by atoms with van der Waals surface area (Å²) in [5, 5.41) is 0. The maximum Gasteiger partial charge on any atom is 0.237 e. The Morgan fingerprint density at radius 3 is 2.39 bits per heavy atom. The van der Waals surface area contributed by atoms with Gasteiger partial charge >= 0.3 is 0 Å². The number of anilines is 1. The molecular weight excluding hydrogens is 226 g/mol. The molecule has 3 atom stereocenters. The number of amides is 2. The van der Waals surface area contributed by atoms with Crippen molar-refractivity contribution in [1.82, 2.24) is 0 Å². The van der Waals surface area contributed by atoms with E-state index in [-0.39, 0.29) is 23.7 Å². The highest BCUT2D eigenvalue weighted by molar-refractivity contribution is 6.22. The monoisotopic (exact) mass is 243 g/mol. The molecule has 3 nitrogen and oxygen atoms in total. The number of carbonyl (C=O) groups excluding carboxylic acids is 2. The van der Waals surface area contributed by atoms with Crippen molar-refractivity contribution in [3.05, 3.63) is 30.3 Å². The van der Waals surface area contributed by atoms with Crippen LogP contribution in [-0.2, 0) is 9.59 Å². The van der Waals surface area contributed by atoms with E-state index in [9.17, 15) is 9.59 Å². The van der Waals surface area contributed by atoms with Gasteiger partial charge in [0.25, 0.3) is 0 Å². The lowest BCUT2D eigenvalue weighted by Crippen LogP contribution is -2.30. The molecule has 0 bridgehead atoms. The van der Waals surface area contributed by atoms with Gasteiger partial charge in [0.1, 0.15) is 0 Å². The minimum absolute atomic E-state index is 0.00255. The molecule has 1 heterocycles. The third-order valence-corrected chi connectivity index (χ3v) is 4.20. The summed E-state index contributed by atoms with van der Waals surface area (Å²) >= 11 is 0. The van der Waals surface area contributed by atoms with E-state index in [1.807, 2.05) is 30.3 Å². The number of benzene rings is 1. The van der Waals surface area contributed by atoms with Crippen molar-refractivity contribution < 1.29 is 9.59 Å². The average molecular weight is 243 g/mol. The number of rotatable bonds is 1. The van der Waals surface area contributed by atoms with Crippen LogP contribution in [0.5, 0.6) is 0 Å². The van der Waals surface area contributed by atoms with E-state index in [1.54, 1.807) is 0 Å². The van der Waals surface area contributed by atoms with E-state index in [1.165, 1.54) is 4.90 Å². The lowest BCUT2D eigenvalue weighted by Gasteiger charge is -2.25. The number of imide groups is 1. The van der Waals surface area contributed by atoms with Gasteiger partial charge in [0.05, 0.1) is 17.5 Å². The van der Waals surface area contributed by atoms with Gasteiger partial charge in [-0.1, -0.05) is 25.1 Å². The molecule has 18 heavy (non-hydrogen) atoms. The highest BCUT2D eigenvalue weighted by atomic mass is 16.2. The van der Waals surface area contributed by atoms with Gasteiger partial charge in [-0.05, 0) is 37.3 Å². The van der Waals surface area contributed by atoms with Crippen molar-refractivity contribution in [3.63, 3.8) is 0 Å². The minimum Gasteiger partial charge on any atom is -0.274 e. The summed E-state index contributed by atoms with van der Waals surface area (Å²) in [5.74, 6) is 0.403. The van der Waals surface area contributed by atoms with Gasteiger partial charge < -0.3 is 0 Å². The van der Waals surface area contributed by atoms with Gasteiger partial charge in [0.15, 0.2) is 0 Å². The highest BCUT2D eigenvalue weighted by Crippen LogP contribution is 2.41. The molecule has 3 heteroatoms. The molecule has 1 saturated carbocycles. The summed E-state index contributed by atoms with van der Waals surface area (Å²) in [7, 11) is 0. The Balaban J connectivity index is 1.94. The molecule has 94 valence electrons. The summed E-state index contributed by atoms with van der Waals surface area (Å²) in [4.78, 5) is 26.2. The second-order valence-corrected chi connectivity index (χ2v) is 5.48. The molecular formula is C15H17NO2. The average Bonchev–Trinajstić information content (AvgIpc) is 2.63. The van der Waals surface area contributed by atoms with Crippen LogP contribution in [0.15, 0.2) is 30.3 Å². The van der Waals surface area contributed by atoms with Gasteiger partial charge in [0.2, 0.25) is 11.8 Å². The van der Waals surface area contributed by atoms with Crippen molar-refractivity contribution in [2.24, 2.45) is 17.8 Å². The zero-order valence-electron chi connectivity index (χ0n) is 10.5. The third-order valence-electron chi connectivity index (χ3n) is 4.20. The lowest BCUT2D eigenvalue weighted by molar-refractivity contribution is -0.122. The van der Waals surface area contributed by atoms with E-state index in [0.717, 1.165) is 24.9 Å². The predicted octanol–water partition coefficient (Wildman–Crippen LogP) is 2.61. The van der Waals surface area contributed by atoms with Gasteiger partial charge in [-0.2, -0.15) is 0 Å². The van der Waals surface area contributed by atoms with Crippen molar-refractivity contribution in [1.29, 1.82) is 0 Å². The molecule has 1 aliphatic heterocycles. The van der Waals surface area contributed by atoms with E-state index >= 15 is 0 Å². The van der Waals surface area contributed by atoms with E-state index in [2.05, 4.69) is 6.92 Å². The number of hydrogen-bond donors (Lipinski definition) is 0. The fourth-order valence-electron chi connectivity index (χ4n) is 3.22. The van der Waals surface area contributed by atoms with Crippen LogP contribution in [-0.4, -0.2) is 11.8 Å². The zero-order valence-corrected chi connectivity index (χ0v) is 10.5. The quantitative estimate of drug-likeness (QED) is 0.711. The second-order valence-electron chi connectivity index (χ2n) is 5.48. The highest BCUT2D eigenvalue weighted by Gasteiger charge is 2.49. The van der Waals surface area contributed by atoms with Gasteiger partial charge in [-0.3, -0.25) is 14.5 Å². The fraction of sp³-hybridized carbons (Fsp3) is 0.467. The van der Waals surface area contributed by atoms with Crippen LogP contribution in [0.3, 0.4) is 0 Å². The zero-order chi connectivity index (χ0) is 12.7. The van der Waals surface area contributed by atoms with E-state index < -0.39 is 0 Å². The normalized spacial score (nSPS) is 31.6. The first-order chi connectivity index (χ1) is 8.68. The van der Waals surface area contributed by atoms with Crippen LogP contribution < -0.4 is 4.90 Å². The van der Waals surface area contributed by atoms with Crippen molar-refractivity contribution in [3.8, 4) is 0 Å². The molecule has 1 aliphatic carbocycles. The topological polar surface area (TPSA) is 37.4 Å². The maximum absolute atomic E-state index is 12.4. The van der Waals surface area contributed by atoms with E-state index in [4.69, 9.17) is 0 Å². The molecule has 0 unspecified atom stereocenters. The first-order valence-electron chi connectivity index (χ1n) is 6.61. The summed E-state index contributed by atoms with van der Waals surface area (Å²) < 4.78 is 0. The van der Waals surface area contributed by atoms with Crippen LogP contribution in [0.4, 0.5) is 5.69 Å². The van der Waals surface area contributed by atoms with Crippen LogP contribution in [0.25, 0.3) is 0 Å². The van der Waals surface area contributed by atoms with Crippen LogP contribution >= 0.6 is 0 Å². The molecule has 3 rings (SSSR count). The summed E-state index contributed by atoms with van der Waals surface area (Å²) in [6.45, 7) is 2.17. The van der Waals surface area contributed by atoms with Gasteiger partial charge in [-0.15, -0.1) is 0 Å². The molecule has 2 aliphatic rings. The second kappa shape index (κ2) is 4.23. The number of carbonyl (C=O) groups is 2. The fourth-order valence-corrected chi connectivity index (χ4v) is 3.22. The standard InChI is InChI=1S/C15H17NO2/c1-10-7-8-12-13(9-10)15(18)16(14(12)17)11-5-3-2-4-6-11/h2-6,10,12-13H,7-9H2,1H3/t10-,12-,13+/m0/s1. The molecule has 0 spiro atoms. The van der Waals surface area contributed by atoms with Crippen molar-refractivity contribution in [2.45, 2.75) is 26.2 Å². The number of fused-ring (bicyclic) bond motifs is 1. The molecule has 2 amide bonds. The first-order valence-corrected chi connectivity index (χ1v) is 6.61. The molecule has 2 fully saturated rings. The Labute approximate surface area is 107 Å². The number of hydrogen-bond acceptors (Lipinski definition) is 2. The largest absolute Gasteiger partial charge is 0.274 e. The summed E-state index contributed by atoms with van der Waals surface area (Å²) in [6, 6.07) is 9.28. The Hall–Kier alpha value is -1.64. The number of para-hydroxylation sites is 1. The Kier molecular flexibility index (Phi) is 2.69. The van der Waals surface area contributed by atoms with Crippen molar-refractivity contribution >= 4 is 17.5 Å². The van der Waals surface area contributed by atoms with Crippen LogP contribution in [0, 0.1) is 17.8 Å². The first kappa shape index (κ1) is 11.5. The Bertz CT molecular complexity index is 483. The van der Waals surface area contributed by atoms with Crippen LogP contribution in [0.2, 0.25) is 0 Å². The summed E-state index contributed by atoms with van der Waals surface area (Å²) in [6.07, 6.45) is 2.78. The Morgan fingerprint density at radius 2 is 1.67 bits per heavy atom. The SMILES string of the molecule is C[C@H]1CC[C@@H]2C(=O)N(c3ccccc3)C(=O)[C@@H]2C1. The molecule has 1 saturated heterocycles. The Morgan fingerprint density at radius 1 is 1.00 bits per heavy atom. The molecule has 0 N–H and O–H groups in total. The minimum atomic E-state index is -0.0820. The number of nitrogens with zero attached hydrogens (tertiary/aromatic N) is 1. The maximum atomic E-state index is 12.4. The third kappa shape index (κ3) is 1.65. The molecule has 1 aromatic rings. The van der Waals surface area contributed by atoms with Crippen molar-refractivity contribution in [2.75, 3.05) is 4.90 Å². The van der Waals surface area contributed by atoms with Gasteiger partial charge in [-0.25, -0.2) is 0 Å². The smallest absolute Gasteiger partial charge is 0.237 e. The predicted molar refractivity (Wildman–Crippen MR) is 68.9 cm³/mol. The summed E-state index contributed by atoms with van der Waals surface area (Å²) in [5.41, 5.74) is 0.717. The van der Waals surface area contributed by atoms with E-state index in [0.29, 0.717) is 5.92 Å². The molecule has 0 radical (unpaired) electrons. The van der Waals surface area contributed by atoms with Gasteiger partial charge in [0, 0.05) is 0 Å². The molecule has 0 aromatic heterocycles.